The normalized spacial score (nSPS) is 14.4. The summed E-state index contributed by atoms with van der Waals surface area (Å²) in [6.07, 6.45) is 4.33. The molecule has 0 bridgehead atoms. The molecule has 1 heterocycles. The first-order valence-electron chi connectivity index (χ1n) is 10.6. The first kappa shape index (κ1) is 19.8. The summed E-state index contributed by atoms with van der Waals surface area (Å²) in [6.45, 7) is 0. The molecule has 1 N–H and O–H groups in total. The summed E-state index contributed by atoms with van der Waals surface area (Å²) < 4.78 is 0. The second-order valence-corrected chi connectivity index (χ2v) is 8.77. The quantitative estimate of drug-likeness (QED) is 0.359. The van der Waals surface area contributed by atoms with Crippen molar-refractivity contribution in [2.45, 2.75) is 23.8 Å². The van der Waals surface area contributed by atoms with Crippen LogP contribution in [0, 0.1) is 5.92 Å². The van der Waals surface area contributed by atoms with E-state index in [1.54, 1.807) is 11.8 Å². The zero-order chi connectivity index (χ0) is 21.2. The topological polar surface area (TPSA) is 42.0 Å². The molecule has 1 amide bonds. The van der Waals surface area contributed by atoms with Crippen LogP contribution >= 0.6 is 11.8 Å². The van der Waals surface area contributed by atoms with E-state index in [1.807, 2.05) is 66.9 Å². The third-order valence-electron chi connectivity index (χ3n) is 5.86. The number of rotatable bonds is 6. The Morgan fingerprint density at radius 2 is 1.58 bits per heavy atom. The molecule has 1 aliphatic rings. The van der Waals surface area contributed by atoms with E-state index in [0.717, 1.165) is 45.5 Å². The minimum absolute atomic E-state index is 0.0270. The number of thioether (sulfide) groups is 1. The summed E-state index contributed by atoms with van der Waals surface area (Å²) in [6, 6.07) is 28.4. The number of nitrogens with one attached hydrogen (secondary N) is 1. The van der Waals surface area contributed by atoms with Crippen molar-refractivity contribution in [1.29, 1.82) is 0 Å². The lowest BCUT2D eigenvalue weighted by atomic mass is 10.00. The Morgan fingerprint density at radius 3 is 2.26 bits per heavy atom. The molecule has 1 atom stereocenters. The maximum absolute atomic E-state index is 13.8. The van der Waals surface area contributed by atoms with Crippen LogP contribution in [0.1, 0.15) is 34.8 Å². The Bertz CT molecular complexity index is 1220. The fourth-order valence-electron chi connectivity index (χ4n) is 4.19. The van der Waals surface area contributed by atoms with Gasteiger partial charge < -0.3 is 5.32 Å². The molecule has 4 heteroatoms. The molecule has 0 saturated heterocycles. The van der Waals surface area contributed by atoms with Crippen LogP contribution < -0.4 is 5.32 Å². The Kier molecular flexibility index (Phi) is 5.47. The molecule has 0 unspecified atom stereocenters. The van der Waals surface area contributed by atoms with Crippen LogP contribution in [-0.4, -0.2) is 17.1 Å². The summed E-state index contributed by atoms with van der Waals surface area (Å²) in [4.78, 5) is 19.7. The van der Waals surface area contributed by atoms with Gasteiger partial charge in [-0.2, -0.15) is 0 Å². The van der Waals surface area contributed by atoms with Gasteiger partial charge in [0.1, 0.15) is 0 Å². The molecule has 3 nitrogen and oxygen atoms in total. The number of nitrogens with zero attached hydrogens (tertiary/aromatic N) is 1. The Morgan fingerprint density at radius 1 is 0.935 bits per heavy atom. The molecular weight excluding hydrogens is 400 g/mol. The molecule has 0 aliphatic heterocycles. The summed E-state index contributed by atoms with van der Waals surface area (Å²) >= 11 is 1.58. The summed E-state index contributed by atoms with van der Waals surface area (Å²) in [5, 5.41) is 4.27. The van der Waals surface area contributed by atoms with Gasteiger partial charge in [0.2, 0.25) is 0 Å². The van der Waals surface area contributed by atoms with Crippen molar-refractivity contribution in [1.82, 2.24) is 10.3 Å². The van der Waals surface area contributed by atoms with Crippen molar-refractivity contribution in [3.63, 3.8) is 0 Å². The lowest BCUT2D eigenvalue weighted by molar-refractivity contribution is 0.0930. The van der Waals surface area contributed by atoms with Gasteiger partial charge in [0.25, 0.3) is 5.91 Å². The van der Waals surface area contributed by atoms with E-state index in [9.17, 15) is 4.79 Å². The number of fused-ring (bicyclic) bond motifs is 1. The second-order valence-electron chi connectivity index (χ2n) is 7.95. The van der Waals surface area contributed by atoms with Crippen LogP contribution in [0.5, 0.6) is 0 Å². The molecule has 1 saturated carbocycles. The van der Waals surface area contributed by atoms with Gasteiger partial charge in [0, 0.05) is 15.8 Å². The minimum Gasteiger partial charge on any atom is -0.345 e. The molecule has 0 radical (unpaired) electrons. The number of hydrogen-bond donors (Lipinski definition) is 1. The lowest BCUT2D eigenvalue weighted by Crippen LogP contribution is -2.30. The number of carbonyl (C=O) groups excluding carboxylic acids is 1. The van der Waals surface area contributed by atoms with Gasteiger partial charge in [-0.25, -0.2) is 4.98 Å². The van der Waals surface area contributed by atoms with E-state index in [4.69, 9.17) is 4.98 Å². The molecule has 4 aromatic rings. The zero-order valence-electron chi connectivity index (χ0n) is 17.4. The standard InChI is InChI=1S/C27H24N2OS/c1-31-26-23(27(30)29-24(20-16-17-20)18-10-4-2-5-11-18)21-14-8-9-15-22(21)28-25(26)19-12-6-3-7-13-19/h2-15,20,24H,16-17H2,1H3,(H,29,30)/t24-/m1/s1. The summed E-state index contributed by atoms with van der Waals surface area (Å²) in [5.41, 5.74) is 4.62. The van der Waals surface area contributed by atoms with Crippen LogP contribution in [-0.2, 0) is 0 Å². The number of benzene rings is 3. The average molecular weight is 425 g/mol. The molecular formula is C27H24N2OS. The van der Waals surface area contributed by atoms with E-state index in [0.29, 0.717) is 5.92 Å². The van der Waals surface area contributed by atoms with E-state index >= 15 is 0 Å². The highest BCUT2D eigenvalue weighted by Crippen LogP contribution is 2.42. The first-order valence-corrected chi connectivity index (χ1v) is 11.9. The van der Waals surface area contributed by atoms with Gasteiger partial charge in [-0.3, -0.25) is 4.79 Å². The SMILES string of the molecule is CSc1c(-c2ccccc2)nc2ccccc2c1C(=O)N[C@H](c1ccccc1)C1CC1. The van der Waals surface area contributed by atoms with Crippen molar-refractivity contribution >= 4 is 28.6 Å². The highest BCUT2D eigenvalue weighted by atomic mass is 32.2. The molecule has 31 heavy (non-hydrogen) atoms. The molecule has 0 spiro atoms. The predicted molar refractivity (Wildman–Crippen MR) is 128 cm³/mol. The number of pyridine rings is 1. The van der Waals surface area contributed by atoms with E-state index < -0.39 is 0 Å². The lowest BCUT2D eigenvalue weighted by Gasteiger charge is -2.21. The Balaban J connectivity index is 1.63. The third-order valence-corrected chi connectivity index (χ3v) is 6.67. The monoisotopic (exact) mass is 424 g/mol. The zero-order valence-corrected chi connectivity index (χ0v) is 18.2. The maximum Gasteiger partial charge on any atom is 0.253 e. The number of amides is 1. The van der Waals surface area contributed by atoms with Crippen molar-refractivity contribution in [2.24, 2.45) is 5.92 Å². The predicted octanol–water partition coefficient (Wildman–Crippen LogP) is 6.50. The largest absolute Gasteiger partial charge is 0.345 e. The van der Waals surface area contributed by atoms with Crippen LogP contribution in [0.25, 0.3) is 22.2 Å². The smallest absolute Gasteiger partial charge is 0.253 e. The minimum atomic E-state index is -0.0270. The van der Waals surface area contributed by atoms with Crippen molar-refractivity contribution in [2.75, 3.05) is 6.26 Å². The summed E-state index contributed by atoms with van der Waals surface area (Å²) in [5.74, 6) is 0.478. The Hall–Kier alpha value is -3.11. The highest BCUT2D eigenvalue weighted by molar-refractivity contribution is 7.98. The van der Waals surface area contributed by atoms with Gasteiger partial charge >= 0.3 is 0 Å². The molecule has 1 aliphatic carbocycles. The maximum atomic E-state index is 13.8. The molecule has 1 fully saturated rings. The average Bonchev–Trinajstić information content (AvgIpc) is 3.67. The summed E-state index contributed by atoms with van der Waals surface area (Å²) in [7, 11) is 0. The van der Waals surface area contributed by atoms with Crippen molar-refractivity contribution < 1.29 is 4.79 Å². The van der Waals surface area contributed by atoms with Crippen LogP contribution in [0.2, 0.25) is 0 Å². The molecule has 3 aromatic carbocycles. The van der Waals surface area contributed by atoms with Gasteiger partial charge in [0.05, 0.1) is 22.8 Å². The number of hydrogen-bond acceptors (Lipinski definition) is 3. The van der Waals surface area contributed by atoms with E-state index in [1.165, 1.54) is 5.56 Å². The second kappa shape index (κ2) is 8.56. The van der Waals surface area contributed by atoms with Crippen molar-refractivity contribution in [3.8, 4) is 11.3 Å². The van der Waals surface area contributed by atoms with Gasteiger partial charge in [0.15, 0.2) is 0 Å². The van der Waals surface area contributed by atoms with Gasteiger partial charge in [-0.15, -0.1) is 11.8 Å². The van der Waals surface area contributed by atoms with Gasteiger partial charge in [-0.1, -0.05) is 78.9 Å². The van der Waals surface area contributed by atoms with E-state index in [-0.39, 0.29) is 11.9 Å². The third kappa shape index (κ3) is 3.96. The number of para-hydroxylation sites is 1. The molecule has 5 rings (SSSR count). The molecule has 154 valence electrons. The molecule has 1 aromatic heterocycles. The van der Waals surface area contributed by atoms with E-state index in [2.05, 4.69) is 29.6 Å². The Labute approximate surface area is 186 Å². The first-order chi connectivity index (χ1) is 15.3. The highest BCUT2D eigenvalue weighted by Gasteiger charge is 2.34. The number of carbonyl (C=O) groups is 1. The van der Waals surface area contributed by atoms with Gasteiger partial charge in [-0.05, 0) is 36.6 Å². The van der Waals surface area contributed by atoms with Crippen LogP contribution in [0.15, 0.2) is 89.8 Å². The van der Waals surface area contributed by atoms with Crippen molar-refractivity contribution in [3.05, 3.63) is 96.1 Å². The van der Waals surface area contributed by atoms with Crippen LogP contribution in [0.3, 0.4) is 0 Å². The fraction of sp³-hybridized carbons (Fsp3) is 0.185. The fourth-order valence-corrected chi connectivity index (χ4v) is 4.95. The number of aromatic nitrogens is 1. The van der Waals surface area contributed by atoms with Crippen LogP contribution in [0.4, 0.5) is 0 Å².